The zero-order chi connectivity index (χ0) is 15.4. The second-order valence-electron chi connectivity index (χ2n) is 4.35. The van der Waals surface area contributed by atoms with E-state index in [-0.39, 0.29) is 11.3 Å². The number of hydrogen-bond donors (Lipinski definition) is 3. The summed E-state index contributed by atoms with van der Waals surface area (Å²) in [5.41, 5.74) is 1.40. The molecule has 0 aliphatic carbocycles. The lowest BCUT2D eigenvalue weighted by Crippen LogP contribution is -2.04. The highest BCUT2D eigenvalue weighted by molar-refractivity contribution is 9.10. The molecule has 0 spiro atoms. The lowest BCUT2D eigenvalue weighted by Gasteiger charge is -2.13. The molecule has 0 fully saturated rings. The summed E-state index contributed by atoms with van der Waals surface area (Å²) in [6, 6.07) is 9.68. The molecule has 5 nitrogen and oxygen atoms in total. The van der Waals surface area contributed by atoms with Gasteiger partial charge in [-0.3, -0.25) is 0 Å². The summed E-state index contributed by atoms with van der Waals surface area (Å²) < 4.78 is 6.05. The molecule has 2 aromatic rings. The molecule has 6 heteroatoms. The average molecular weight is 352 g/mol. The molecule has 0 aliphatic rings. The summed E-state index contributed by atoms with van der Waals surface area (Å²) in [4.78, 5) is 11.0. The molecule has 2 aromatic carbocycles. The number of aromatic carboxylic acids is 1. The van der Waals surface area contributed by atoms with Crippen molar-refractivity contribution >= 4 is 27.6 Å². The van der Waals surface area contributed by atoms with Crippen molar-refractivity contribution in [1.82, 2.24) is 0 Å². The van der Waals surface area contributed by atoms with Crippen molar-refractivity contribution in [2.24, 2.45) is 0 Å². The van der Waals surface area contributed by atoms with Crippen molar-refractivity contribution in [2.45, 2.75) is 6.54 Å². The molecule has 0 aliphatic heterocycles. The fourth-order valence-electron chi connectivity index (χ4n) is 1.87. The lowest BCUT2D eigenvalue weighted by atomic mass is 10.1. The molecule has 0 saturated carbocycles. The molecule has 0 amide bonds. The number of aromatic hydroxyl groups is 1. The fraction of sp³-hybridized carbons (Fsp3) is 0.133. The largest absolute Gasteiger partial charge is 0.508 e. The Bertz CT molecular complexity index is 673. The summed E-state index contributed by atoms with van der Waals surface area (Å²) in [7, 11) is 1.51. The first kappa shape index (κ1) is 15.2. The zero-order valence-electron chi connectivity index (χ0n) is 11.3. The molecular weight excluding hydrogens is 338 g/mol. The van der Waals surface area contributed by atoms with Crippen LogP contribution in [-0.2, 0) is 6.54 Å². The maximum Gasteiger partial charge on any atom is 0.335 e. The Morgan fingerprint density at radius 3 is 2.71 bits per heavy atom. The van der Waals surface area contributed by atoms with E-state index in [1.807, 2.05) is 0 Å². The van der Waals surface area contributed by atoms with Gasteiger partial charge in [0.15, 0.2) is 0 Å². The van der Waals surface area contributed by atoms with Crippen LogP contribution in [0.25, 0.3) is 0 Å². The molecular formula is C15H14BrNO4. The predicted molar refractivity (Wildman–Crippen MR) is 83.1 cm³/mol. The van der Waals surface area contributed by atoms with Crippen LogP contribution in [0.4, 0.5) is 5.69 Å². The van der Waals surface area contributed by atoms with Crippen LogP contribution >= 0.6 is 15.9 Å². The quantitative estimate of drug-likeness (QED) is 0.768. The van der Waals surface area contributed by atoms with E-state index in [1.165, 1.54) is 19.2 Å². The van der Waals surface area contributed by atoms with Crippen LogP contribution in [-0.4, -0.2) is 23.3 Å². The average Bonchev–Trinajstić information content (AvgIpc) is 2.47. The van der Waals surface area contributed by atoms with Crippen molar-refractivity contribution in [3.05, 3.63) is 52.0 Å². The number of anilines is 1. The first-order valence-corrected chi connectivity index (χ1v) is 6.93. The van der Waals surface area contributed by atoms with E-state index in [0.29, 0.717) is 23.5 Å². The van der Waals surface area contributed by atoms with Gasteiger partial charge in [0.2, 0.25) is 0 Å². The summed E-state index contributed by atoms with van der Waals surface area (Å²) in [5.74, 6) is -0.306. The summed E-state index contributed by atoms with van der Waals surface area (Å²) in [6.45, 7) is 0.338. The highest BCUT2D eigenvalue weighted by atomic mass is 79.9. The first-order valence-electron chi connectivity index (χ1n) is 6.14. The predicted octanol–water partition coefficient (Wildman–Crippen LogP) is 3.47. The number of phenols is 1. The number of benzene rings is 2. The van der Waals surface area contributed by atoms with Gasteiger partial charge < -0.3 is 20.3 Å². The lowest BCUT2D eigenvalue weighted by molar-refractivity contribution is 0.0697. The minimum atomic E-state index is -1.01. The Hall–Kier alpha value is -2.21. The van der Waals surface area contributed by atoms with Gasteiger partial charge in [0.1, 0.15) is 11.5 Å². The van der Waals surface area contributed by atoms with Crippen LogP contribution in [0, 0.1) is 0 Å². The van der Waals surface area contributed by atoms with Crippen LogP contribution in [0.15, 0.2) is 40.9 Å². The smallest absolute Gasteiger partial charge is 0.335 e. The molecule has 110 valence electrons. The van der Waals surface area contributed by atoms with Gasteiger partial charge in [-0.1, -0.05) is 15.9 Å². The number of halogens is 1. The fourth-order valence-corrected chi connectivity index (χ4v) is 2.27. The Morgan fingerprint density at radius 2 is 2.05 bits per heavy atom. The second-order valence-corrected chi connectivity index (χ2v) is 5.26. The number of methoxy groups -OCH3 is 1. The van der Waals surface area contributed by atoms with Gasteiger partial charge in [-0.15, -0.1) is 0 Å². The molecule has 0 unspecified atom stereocenters. The van der Waals surface area contributed by atoms with Crippen molar-refractivity contribution < 1.29 is 19.7 Å². The molecule has 0 saturated heterocycles. The van der Waals surface area contributed by atoms with Crippen LogP contribution in [0.1, 0.15) is 15.9 Å². The van der Waals surface area contributed by atoms with E-state index in [1.54, 1.807) is 24.3 Å². The number of carboxylic acid groups (broad SMARTS) is 1. The molecule has 2 rings (SSSR count). The van der Waals surface area contributed by atoms with E-state index >= 15 is 0 Å². The van der Waals surface area contributed by atoms with Crippen LogP contribution in [0.5, 0.6) is 11.5 Å². The number of phenolic OH excluding ortho intramolecular Hbond substituents is 1. The molecule has 0 atom stereocenters. The van der Waals surface area contributed by atoms with Gasteiger partial charge in [-0.25, -0.2) is 4.79 Å². The van der Waals surface area contributed by atoms with Gasteiger partial charge in [0.25, 0.3) is 0 Å². The molecule has 0 heterocycles. The topological polar surface area (TPSA) is 78.8 Å². The summed E-state index contributed by atoms with van der Waals surface area (Å²) >= 11 is 3.34. The van der Waals surface area contributed by atoms with Crippen LogP contribution in [0.3, 0.4) is 0 Å². The van der Waals surface area contributed by atoms with Gasteiger partial charge in [0, 0.05) is 16.6 Å². The van der Waals surface area contributed by atoms with E-state index in [2.05, 4.69) is 21.2 Å². The highest BCUT2D eigenvalue weighted by Gasteiger charge is 2.10. The zero-order valence-corrected chi connectivity index (χ0v) is 12.8. The molecule has 0 aromatic heterocycles. The second kappa shape index (κ2) is 6.49. The Morgan fingerprint density at radius 1 is 1.29 bits per heavy atom. The number of carboxylic acids is 1. The number of ether oxygens (including phenoxy) is 1. The molecule has 0 bridgehead atoms. The maximum absolute atomic E-state index is 11.0. The first-order chi connectivity index (χ1) is 10.0. The third-order valence-electron chi connectivity index (χ3n) is 2.96. The normalized spacial score (nSPS) is 10.2. The highest BCUT2D eigenvalue weighted by Crippen LogP contribution is 2.28. The number of nitrogens with one attached hydrogen (secondary N) is 1. The van der Waals surface area contributed by atoms with Crippen LogP contribution in [0.2, 0.25) is 0 Å². The van der Waals surface area contributed by atoms with Crippen molar-refractivity contribution in [2.75, 3.05) is 12.4 Å². The van der Waals surface area contributed by atoms with Crippen molar-refractivity contribution in [3.63, 3.8) is 0 Å². The SMILES string of the molecule is COc1ccc(C(=O)O)cc1NCc1cc(Br)ccc1O. The number of rotatable bonds is 5. The van der Waals surface area contributed by atoms with Crippen molar-refractivity contribution in [1.29, 1.82) is 0 Å². The Labute approximate surface area is 130 Å². The minimum Gasteiger partial charge on any atom is -0.508 e. The molecule has 21 heavy (non-hydrogen) atoms. The van der Waals surface area contributed by atoms with E-state index in [9.17, 15) is 9.90 Å². The molecule has 3 N–H and O–H groups in total. The number of carbonyl (C=O) groups is 1. The minimum absolute atomic E-state index is 0.164. The number of hydrogen-bond acceptors (Lipinski definition) is 4. The Kier molecular flexibility index (Phi) is 4.70. The van der Waals surface area contributed by atoms with Gasteiger partial charge in [-0.2, -0.15) is 0 Å². The van der Waals surface area contributed by atoms with E-state index in [4.69, 9.17) is 9.84 Å². The maximum atomic E-state index is 11.0. The van der Waals surface area contributed by atoms with Crippen LogP contribution < -0.4 is 10.1 Å². The van der Waals surface area contributed by atoms with E-state index in [0.717, 1.165) is 4.47 Å². The summed E-state index contributed by atoms with van der Waals surface area (Å²) in [6.07, 6.45) is 0. The summed E-state index contributed by atoms with van der Waals surface area (Å²) in [5, 5.41) is 21.9. The van der Waals surface area contributed by atoms with Crippen molar-refractivity contribution in [3.8, 4) is 11.5 Å². The molecule has 0 radical (unpaired) electrons. The van der Waals surface area contributed by atoms with Gasteiger partial charge in [-0.05, 0) is 36.4 Å². The third kappa shape index (κ3) is 3.66. The third-order valence-corrected chi connectivity index (χ3v) is 3.45. The van der Waals surface area contributed by atoms with Gasteiger partial charge in [0.05, 0.1) is 18.4 Å². The van der Waals surface area contributed by atoms with E-state index < -0.39 is 5.97 Å². The standard InChI is InChI=1S/C15H14BrNO4/c1-21-14-5-2-9(15(19)20)7-12(14)17-8-10-6-11(16)3-4-13(10)18/h2-7,17-18H,8H2,1H3,(H,19,20). The monoisotopic (exact) mass is 351 g/mol. The van der Waals surface area contributed by atoms with Gasteiger partial charge >= 0.3 is 5.97 Å². The Balaban J connectivity index is 2.24.